The van der Waals surface area contributed by atoms with E-state index in [1.807, 2.05) is 17.0 Å². The Bertz CT molecular complexity index is 1510. The van der Waals surface area contributed by atoms with Crippen LogP contribution in [0.15, 0.2) is 48.9 Å². The summed E-state index contributed by atoms with van der Waals surface area (Å²) in [6.45, 7) is 1.58. The number of fused-ring (bicyclic) bond motifs is 2. The number of nitrogens with zero attached hydrogens (tertiary/aromatic N) is 6. The fourth-order valence-corrected chi connectivity index (χ4v) is 5.25. The molecule has 11 heteroatoms. The second kappa shape index (κ2) is 8.43. The standard InChI is InChI=1S/C25H22F2N6O3/c26-15-3-4-20(27)17(10-15)21-2-1-6-31(21)16-5-7-32-22(11-16)18(12-28-32)24(34)30-8-9-33-23(14-30)19(13-29-33)25(35)36/h3-5,7,10-13,21H,1-2,6,8-9,14H2,(H,35,36). The highest BCUT2D eigenvalue weighted by Crippen LogP contribution is 2.38. The number of carbonyl (C=O) groups excluding carboxylic acids is 1. The van der Waals surface area contributed by atoms with Gasteiger partial charge in [0.1, 0.15) is 17.2 Å². The fraction of sp³-hybridized carbons (Fsp3) is 0.280. The zero-order valence-corrected chi connectivity index (χ0v) is 19.1. The van der Waals surface area contributed by atoms with Crippen molar-refractivity contribution in [3.63, 3.8) is 0 Å². The van der Waals surface area contributed by atoms with E-state index in [1.165, 1.54) is 18.5 Å². The Kier molecular flexibility index (Phi) is 5.20. The molecule has 2 aliphatic heterocycles. The highest BCUT2D eigenvalue weighted by molar-refractivity contribution is 6.01. The monoisotopic (exact) mass is 492 g/mol. The third-order valence-corrected chi connectivity index (χ3v) is 7.03. The van der Waals surface area contributed by atoms with E-state index in [0.717, 1.165) is 24.2 Å². The predicted molar refractivity (Wildman–Crippen MR) is 125 cm³/mol. The van der Waals surface area contributed by atoms with Crippen LogP contribution >= 0.6 is 0 Å². The maximum absolute atomic E-state index is 14.5. The molecule has 0 saturated carbocycles. The SMILES string of the molecule is O=C(O)c1cnn2c1CN(C(=O)c1cnn3ccc(N4CCCC4c4cc(F)ccc4F)cc13)CC2. The van der Waals surface area contributed by atoms with Crippen LogP contribution in [0.5, 0.6) is 0 Å². The number of carboxylic acids is 1. The first kappa shape index (κ1) is 22.2. The van der Waals surface area contributed by atoms with Crippen LogP contribution in [0.4, 0.5) is 14.5 Å². The number of pyridine rings is 1. The largest absolute Gasteiger partial charge is 0.478 e. The summed E-state index contributed by atoms with van der Waals surface area (Å²) in [5.74, 6) is -2.27. The maximum Gasteiger partial charge on any atom is 0.339 e. The number of benzene rings is 1. The molecule has 0 spiro atoms. The Morgan fingerprint density at radius 2 is 1.83 bits per heavy atom. The molecule has 0 radical (unpaired) electrons. The van der Waals surface area contributed by atoms with Crippen LogP contribution in [0.2, 0.25) is 0 Å². The van der Waals surface area contributed by atoms with Crippen LogP contribution in [0.25, 0.3) is 5.52 Å². The predicted octanol–water partition coefficient (Wildman–Crippen LogP) is 3.50. The van der Waals surface area contributed by atoms with Gasteiger partial charge in [-0.15, -0.1) is 0 Å². The molecule has 0 bridgehead atoms. The Labute approximate surface area is 204 Å². The summed E-state index contributed by atoms with van der Waals surface area (Å²) < 4.78 is 31.6. The van der Waals surface area contributed by atoms with Crippen molar-refractivity contribution in [1.29, 1.82) is 0 Å². The lowest BCUT2D eigenvalue weighted by Gasteiger charge is -2.28. The van der Waals surface area contributed by atoms with Gasteiger partial charge >= 0.3 is 5.97 Å². The molecule has 6 rings (SSSR count). The molecule has 1 unspecified atom stereocenters. The van der Waals surface area contributed by atoms with Crippen LogP contribution in [0, 0.1) is 11.6 Å². The molecule has 3 aromatic heterocycles. The Morgan fingerprint density at radius 3 is 2.67 bits per heavy atom. The van der Waals surface area contributed by atoms with Crippen LogP contribution in [-0.4, -0.2) is 54.4 Å². The van der Waals surface area contributed by atoms with Crippen LogP contribution in [-0.2, 0) is 13.1 Å². The lowest BCUT2D eigenvalue weighted by molar-refractivity contribution is 0.0666. The molecular formula is C25H22F2N6O3. The second-order valence-electron chi connectivity index (χ2n) is 9.05. The van der Waals surface area contributed by atoms with Crippen molar-refractivity contribution in [1.82, 2.24) is 24.3 Å². The second-order valence-corrected chi connectivity index (χ2v) is 9.05. The molecule has 36 heavy (non-hydrogen) atoms. The molecule has 2 aliphatic rings. The van der Waals surface area contributed by atoms with Crippen molar-refractivity contribution in [3.05, 3.63) is 82.9 Å². The molecule has 9 nitrogen and oxygen atoms in total. The van der Waals surface area contributed by atoms with E-state index in [9.17, 15) is 23.5 Å². The summed E-state index contributed by atoms with van der Waals surface area (Å²) in [6, 6.07) is 6.88. The van der Waals surface area contributed by atoms with E-state index in [2.05, 4.69) is 10.2 Å². The zero-order chi connectivity index (χ0) is 25.0. The van der Waals surface area contributed by atoms with E-state index in [-0.39, 0.29) is 24.1 Å². The maximum atomic E-state index is 14.5. The summed E-state index contributed by atoms with van der Waals surface area (Å²) in [7, 11) is 0. The minimum absolute atomic E-state index is 0.0827. The fourth-order valence-electron chi connectivity index (χ4n) is 5.25. The molecule has 1 amide bonds. The topological polar surface area (TPSA) is 96.0 Å². The van der Waals surface area contributed by atoms with E-state index in [1.54, 1.807) is 20.3 Å². The minimum Gasteiger partial charge on any atom is -0.478 e. The average molecular weight is 492 g/mol. The van der Waals surface area contributed by atoms with Crippen LogP contribution in [0.3, 0.4) is 0 Å². The van der Waals surface area contributed by atoms with Crippen molar-refractivity contribution in [3.8, 4) is 0 Å². The molecule has 1 aromatic carbocycles. The van der Waals surface area contributed by atoms with Crippen molar-refractivity contribution in [2.75, 3.05) is 18.0 Å². The first-order valence-electron chi connectivity index (χ1n) is 11.7. The van der Waals surface area contributed by atoms with Gasteiger partial charge in [-0.3, -0.25) is 9.48 Å². The summed E-state index contributed by atoms with van der Waals surface area (Å²) in [5, 5.41) is 17.9. The van der Waals surface area contributed by atoms with Crippen molar-refractivity contribution in [2.45, 2.75) is 32.0 Å². The highest BCUT2D eigenvalue weighted by atomic mass is 19.1. The summed E-state index contributed by atoms with van der Waals surface area (Å²) >= 11 is 0. The van der Waals surface area contributed by atoms with Gasteiger partial charge in [0.05, 0.1) is 48.3 Å². The van der Waals surface area contributed by atoms with Gasteiger partial charge in [-0.2, -0.15) is 10.2 Å². The number of anilines is 1. The van der Waals surface area contributed by atoms with Gasteiger partial charge in [0.2, 0.25) is 0 Å². The quantitative estimate of drug-likeness (QED) is 0.469. The average Bonchev–Trinajstić information content (AvgIpc) is 3.62. The molecule has 5 heterocycles. The smallest absolute Gasteiger partial charge is 0.339 e. The number of hydrogen-bond donors (Lipinski definition) is 1. The summed E-state index contributed by atoms with van der Waals surface area (Å²) in [5.41, 5.74) is 2.63. The first-order valence-corrected chi connectivity index (χ1v) is 11.7. The Hall–Kier alpha value is -4.28. The lowest BCUT2D eigenvalue weighted by atomic mass is 10.0. The first-order chi connectivity index (χ1) is 17.4. The highest BCUT2D eigenvalue weighted by Gasteiger charge is 2.31. The van der Waals surface area contributed by atoms with Crippen LogP contribution < -0.4 is 4.90 Å². The van der Waals surface area contributed by atoms with Crippen LogP contribution in [0.1, 0.15) is 50.9 Å². The molecule has 4 aromatic rings. The van der Waals surface area contributed by atoms with E-state index in [4.69, 9.17) is 0 Å². The van der Waals surface area contributed by atoms with Crippen molar-refractivity contribution >= 4 is 23.1 Å². The normalized spacial score (nSPS) is 17.6. The van der Waals surface area contributed by atoms with Gasteiger partial charge in [0.15, 0.2) is 0 Å². The van der Waals surface area contributed by atoms with Gasteiger partial charge < -0.3 is 14.9 Å². The van der Waals surface area contributed by atoms with E-state index < -0.39 is 17.6 Å². The third kappa shape index (κ3) is 3.58. The lowest BCUT2D eigenvalue weighted by Crippen LogP contribution is -2.39. The van der Waals surface area contributed by atoms with Gasteiger partial charge in [-0.05, 0) is 43.2 Å². The number of rotatable bonds is 4. The van der Waals surface area contributed by atoms with Gasteiger partial charge in [-0.25, -0.2) is 18.1 Å². The Morgan fingerprint density at radius 1 is 1.00 bits per heavy atom. The molecule has 1 N–H and O–H groups in total. The number of carbonyl (C=O) groups is 2. The number of amides is 1. The van der Waals surface area contributed by atoms with Gasteiger partial charge in [0, 0.05) is 30.5 Å². The minimum atomic E-state index is -1.08. The van der Waals surface area contributed by atoms with E-state index >= 15 is 0 Å². The summed E-state index contributed by atoms with van der Waals surface area (Å²) in [4.78, 5) is 28.6. The number of aromatic carboxylic acids is 1. The molecule has 1 atom stereocenters. The Balaban J connectivity index is 1.32. The molecule has 0 aliphatic carbocycles. The van der Waals surface area contributed by atoms with Gasteiger partial charge in [-0.1, -0.05) is 0 Å². The van der Waals surface area contributed by atoms with Crippen molar-refractivity contribution in [2.24, 2.45) is 0 Å². The molecule has 184 valence electrons. The number of aromatic nitrogens is 4. The molecule has 1 saturated heterocycles. The van der Waals surface area contributed by atoms with Gasteiger partial charge in [0.25, 0.3) is 5.91 Å². The molecule has 1 fully saturated rings. The third-order valence-electron chi connectivity index (χ3n) is 7.03. The van der Waals surface area contributed by atoms with Crippen molar-refractivity contribution < 1.29 is 23.5 Å². The van der Waals surface area contributed by atoms with E-state index in [0.29, 0.717) is 48.4 Å². The zero-order valence-electron chi connectivity index (χ0n) is 19.1. The molecular weight excluding hydrogens is 470 g/mol. The number of hydrogen-bond acceptors (Lipinski definition) is 5. The number of halogens is 2. The number of carboxylic acid groups (broad SMARTS) is 1. The summed E-state index contributed by atoms with van der Waals surface area (Å²) in [6.07, 6.45) is 6.06.